The number of carbonyl (C=O) groups excluding carboxylic acids is 1. The van der Waals surface area contributed by atoms with E-state index in [1.165, 1.54) is 0 Å². The van der Waals surface area contributed by atoms with Crippen LogP contribution in [-0.2, 0) is 4.79 Å². The molecule has 0 aliphatic rings. The van der Waals surface area contributed by atoms with Crippen molar-refractivity contribution >= 4 is 17.4 Å². The van der Waals surface area contributed by atoms with Crippen molar-refractivity contribution < 1.29 is 4.79 Å². The predicted octanol–water partition coefficient (Wildman–Crippen LogP) is 2.28. The Labute approximate surface area is 96.3 Å². The molecular formula is C12H19N3O. The lowest BCUT2D eigenvalue weighted by atomic mass is 9.94. The first-order valence-corrected chi connectivity index (χ1v) is 5.50. The molecular weight excluding hydrogens is 202 g/mol. The molecule has 0 saturated carbocycles. The highest BCUT2D eigenvalue weighted by molar-refractivity contribution is 5.90. The lowest BCUT2D eigenvalue weighted by Crippen LogP contribution is -2.17. The number of hydrogen-bond donors (Lipinski definition) is 2. The van der Waals surface area contributed by atoms with Crippen LogP contribution in [0, 0.1) is 11.8 Å². The van der Waals surface area contributed by atoms with E-state index in [2.05, 4.69) is 31.1 Å². The zero-order chi connectivity index (χ0) is 12.1. The van der Waals surface area contributed by atoms with Crippen LogP contribution in [0.2, 0.25) is 0 Å². The fourth-order valence-corrected chi connectivity index (χ4v) is 1.22. The summed E-state index contributed by atoms with van der Waals surface area (Å²) < 4.78 is 0. The molecule has 1 aromatic heterocycles. The first-order valence-electron chi connectivity index (χ1n) is 5.50. The molecule has 4 heteroatoms. The van der Waals surface area contributed by atoms with Gasteiger partial charge in [-0.2, -0.15) is 0 Å². The topological polar surface area (TPSA) is 68.0 Å². The van der Waals surface area contributed by atoms with Crippen molar-refractivity contribution in [2.24, 2.45) is 11.8 Å². The zero-order valence-electron chi connectivity index (χ0n) is 10.0. The molecule has 0 bridgehead atoms. The Morgan fingerprint density at radius 2 is 2.12 bits per heavy atom. The van der Waals surface area contributed by atoms with E-state index in [-0.39, 0.29) is 5.91 Å². The Kier molecular flexibility index (Phi) is 4.28. The Balaban J connectivity index is 2.48. The zero-order valence-corrected chi connectivity index (χ0v) is 10.0. The minimum Gasteiger partial charge on any atom is -0.384 e. The molecule has 4 nitrogen and oxygen atoms in total. The lowest BCUT2D eigenvalue weighted by molar-refractivity contribution is -0.117. The van der Waals surface area contributed by atoms with Gasteiger partial charge in [0.1, 0.15) is 5.82 Å². The van der Waals surface area contributed by atoms with Crippen molar-refractivity contribution in [3.8, 4) is 0 Å². The van der Waals surface area contributed by atoms with Crippen LogP contribution in [0.25, 0.3) is 0 Å². The molecule has 1 amide bonds. The molecule has 1 atom stereocenters. The Hall–Kier alpha value is -1.58. The molecule has 16 heavy (non-hydrogen) atoms. The smallest absolute Gasteiger partial charge is 0.224 e. The number of nitrogens with one attached hydrogen (secondary N) is 1. The maximum absolute atomic E-state index is 11.6. The fourth-order valence-electron chi connectivity index (χ4n) is 1.22. The first-order chi connectivity index (χ1) is 7.49. The molecule has 3 N–H and O–H groups in total. The number of anilines is 2. The van der Waals surface area contributed by atoms with Gasteiger partial charge < -0.3 is 11.1 Å². The van der Waals surface area contributed by atoms with Gasteiger partial charge in [0, 0.05) is 6.42 Å². The number of pyridine rings is 1. The maximum atomic E-state index is 11.6. The molecule has 0 saturated heterocycles. The molecule has 0 radical (unpaired) electrons. The molecule has 0 spiro atoms. The SMILES string of the molecule is CC(C)C(C)CC(=O)Nc1ccc(N)nc1. The van der Waals surface area contributed by atoms with E-state index < -0.39 is 0 Å². The van der Waals surface area contributed by atoms with Crippen LogP contribution in [0.1, 0.15) is 27.2 Å². The minimum absolute atomic E-state index is 0.0211. The molecule has 0 aliphatic heterocycles. The lowest BCUT2D eigenvalue weighted by Gasteiger charge is -2.14. The van der Waals surface area contributed by atoms with Gasteiger partial charge in [-0.25, -0.2) is 4.98 Å². The van der Waals surface area contributed by atoms with Crippen LogP contribution in [0.5, 0.6) is 0 Å². The maximum Gasteiger partial charge on any atom is 0.224 e. The standard InChI is InChI=1S/C12H19N3O/c1-8(2)9(3)6-12(16)15-10-4-5-11(13)14-7-10/h4-5,7-9H,6H2,1-3H3,(H2,13,14)(H,15,16). The van der Waals surface area contributed by atoms with Gasteiger partial charge in [-0.1, -0.05) is 20.8 Å². The van der Waals surface area contributed by atoms with Crippen LogP contribution in [0.3, 0.4) is 0 Å². The second-order valence-electron chi connectivity index (χ2n) is 4.45. The summed E-state index contributed by atoms with van der Waals surface area (Å²) in [7, 11) is 0. The van der Waals surface area contributed by atoms with Crippen molar-refractivity contribution in [1.82, 2.24) is 4.98 Å². The average Bonchev–Trinajstić information content (AvgIpc) is 2.21. The number of carbonyl (C=O) groups is 1. The minimum atomic E-state index is 0.0211. The third-order valence-corrected chi connectivity index (χ3v) is 2.72. The van der Waals surface area contributed by atoms with Gasteiger partial charge in [0.05, 0.1) is 11.9 Å². The van der Waals surface area contributed by atoms with E-state index in [4.69, 9.17) is 5.73 Å². The first kappa shape index (κ1) is 12.5. The van der Waals surface area contributed by atoms with E-state index in [1.54, 1.807) is 18.3 Å². The summed E-state index contributed by atoms with van der Waals surface area (Å²) >= 11 is 0. The molecule has 1 unspecified atom stereocenters. The number of nitrogens with two attached hydrogens (primary N) is 1. The summed E-state index contributed by atoms with van der Waals surface area (Å²) in [4.78, 5) is 15.6. The monoisotopic (exact) mass is 221 g/mol. The quantitative estimate of drug-likeness (QED) is 0.819. The fraction of sp³-hybridized carbons (Fsp3) is 0.500. The summed E-state index contributed by atoms with van der Waals surface area (Å²) in [6.45, 7) is 6.30. The molecule has 1 rings (SSSR count). The summed E-state index contributed by atoms with van der Waals surface area (Å²) in [5.41, 5.74) is 6.14. The highest BCUT2D eigenvalue weighted by Crippen LogP contribution is 2.15. The normalized spacial score (nSPS) is 12.5. The third kappa shape index (κ3) is 3.88. The van der Waals surface area contributed by atoms with Crippen LogP contribution in [0.15, 0.2) is 18.3 Å². The number of nitrogen functional groups attached to an aromatic ring is 1. The number of amides is 1. The van der Waals surface area contributed by atoms with Crippen molar-refractivity contribution in [2.75, 3.05) is 11.1 Å². The van der Waals surface area contributed by atoms with Gasteiger partial charge in [0.2, 0.25) is 5.91 Å². The second-order valence-corrected chi connectivity index (χ2v) is 4.45. The third-order valence-electron chi connectivity index (χ3n) is 2.72. The molecule has 88 valence electrons. The van der Waals surface area contributed by atoms with Crippen LogP contribution < -0.4 is 11.1 Å². The highest BCUT2D eigenvalue weighted by Gasteiger charge is 2.12. The second kappa shape index (κ2) is 5.49. The van der Waals surface area contributed by atoms with Crippen LogP contribution in [0.4, 0.5) is 11.5 Å². The summed E-state index contributed by atoms with van der Waals surface area (Å²) in [5.74, 6) is 1.36. The number of hydrogen-bond acceptors (Lipinski definition) is 3. The number of rotatable bonds is 4. The van der Waals surface area contributed by atoms with E-state index in [9.17, 15) is 4.79 Å². The predicted molar refractivity (Wildman–Crippen MR) is 65.9 cm³/mol. The van der Waals surface area contributed by atoms with Crippen molar-refractivity contribution in [3.63, 3.8) is 0 Å². The Bertz CT molecular complexity index is 346. The van der Waals surface area contributed by atoms with Gasteiger partial charge >= 0.3 is 0 Å². The molecule has 0 aliphatic carbocycles. The summed E-state index contributed by atoms with van der Waals surface area (Å²) in [6.07, 6.45) is 2.09. The van der Waals surface area contributed by atoms with E-state index >= 15 is 0 Å². The molecule has 0 aromatic carbocycles. The van der Waals surface area contributed by atoms with Gasteiger partial charge in [-0.05, 0) is 24.0 Å². The van der Waals surface area contributed by atoms with Crippen molar-refractivity contribution in [1.29, 1.82) is 0 Å². The molecule has 1 heterocycles. The highest BCUT2D eigenvalue weighted by atomic mass is 16.1. The summed E-state index contributed by atoms with van der Waals surface area (Å²) in [5, 5.41) is 2.80. The molecule has 1 aromatic rings. The van der Waals surface area contributed by atoms with Gasteiger partial charge in [-0.15, -0.1) is 0 Å². The summed E-state index contributed by atoms with van der Waals surface area (Å²) in [6, 6.07) is 3.42. The Morgan fingerprint density at radius 1 is 1.44 bits per heavy atom. The van der Waals surface area contributed by atoms with Gasteiger partial charge in [-0.3, -0.25) is 4.79 Å². The Morgan fingerprint density at radius 3 is 2.62 bits per heavy atom. The number of nitrogens with zero attached hydrogens (tertiary/aromatic N) is 1. The van der Waals surface area contributed by atoms with Crippen molar-refractivity contribution in [3.05, 3.63) is 18.3 Å². The average molecular weight is 221 g/mol. The van der Waals surface area contributed by atoms with E-state index in [0.29, 0.717) is 29.8 Å². The van der Waals surface area contributed by atoms with Crippen LogP contribution >= 0.6 is 0 Å². The van der Waals surface area contributed by atoms with Crippen LogP contribution in [-0.4, -0.2) is 10.9 Å². The van der Waals surface area contributed by atoms with E-state index in [0.717, 1.165) is 0 Å². The molecule has 0 fully saturated rings. The number of aromatic nitrogens is 1. The largest absolute Gasteiger partial charge is 0.384 e. The van der Waals surface area contributed by atoms with Gasteiger partial charge in [0.15, 0.2) is 0 Å². The van der Waals surface area contributed by atoms with Gasteiger partial charge in [0.25, 0.3) is 0 Å². The van der Waals surface area contributed by atoms with E-state index in [1.807, 2.05) is 0 Å². The van der Waals surface area contributed by atoms with Crippen molar-refractivity contribution in [2.45, 2.75) is 27.2 Å².